The lowest BCUT2D eigenvalue weighted by Gasteiger charge is -2.40. The van der Waals surface area contributed by atoms with E-state index in [-0.39, 0.29) is 11.3 Å². The molecular weight excluding hydrogens is 174 g/mol. The van der Waals surface area contributed by atoms with E-state index in [1.54, 1.807) is 0 Å². The van der Waals surface area contributed by atoms with Crippen LogP contribution < -0.4 is 5.73 Å². The first-order chi connectivity index (χ1) is 6.49. The lowest BCUT2D eigenvalue weighted by atomic mass is 9.64. The maximum absolute atomic E-state index is 11.6. The Morgan fingerprint density at radius 3 is 2.14 bits per heavy atom. The fourth-order valence-electron chi connectivity index (χ4n) is 2.66. The van der Waals surface area contributed by atoms with Gasteiger partial charge in [-0.15, -0.1) is 0 Å². The first-order valence-corrected chi connectivity index (χ1v) is 5.79. The summed E-state index contributed by atoms with van der Waals surface area (Å²) in [5, 5.41) is 0. The molecule has 2 N–H and O–H groups in total. The van der Waals surface area contributed by atoms with Crippen LogP contribution in [0.5, 0.6) is 0 Å². The molecule has 1 rings (SSSR count). The fraction of sp³-hybridized carbons (Fsp3) is 0.917. The number of rotatable bonds is 3. The summed E-state index contributed by atoms with van der Waals surface area (Å²) >= 11 is 0. The highest BCUT2D eigenvalue weighted by Crippen LogP contribution is 2.43. The lowest BCUT2D eigenvalue weighted by Crippen LogP contribution is -2.45. The normalized spacial score (nSPS) is 23.4. The second kappa shape index (κ2) is 4.33. The summed E-state index contributed by atoms with van der Waals surface area (Å²) in [7, 11) is 0. The first-order valence-electron chi connectivity index (χ1n) is 5.79. The van der Waals surface area contributed by atoms with Gasteiger partial charge in [-0.2, -0.15) is 0 Å². The van der Waals surface area contributed by atoms with Crippen molar-refractivity contribution in [3.05, 3.63) is 0 Å². The Morgan fingerprint density at radius 1 is 1.29 bits per heavy atom. The molecule has 82 valence electrons. The summed E-state index contributed by atoms with van der Waals surface area (Å²) in [6, 6.07) is 0. The van der Waals surface area contributed by atoms with Gasteiger partial charge in [-0.3, -0.25) is 4.79 Å². The second-order valence-electron chi connectivity index (χ2n) is 5.14. The number of hydrogen-bond donors (Lipinski definition) is 1. The Hall–Kier alpha value is -0.530. The Labute approximate surface area is 87.2 Å². The van der Waals surface area contributed by atoms with Crippen molar-refractivity contribution in [2.45, 2.75) is 52.9 Å². The summed E-state index contributed by atoms with van der Waals surface area (Å²) in [6.07, 6.45) is 6.21. The van der Waals surface area contributed by atoms with Gasteiger partial charge < -0.3 is 5.73 Å². The molecule has 2 nitrogen and oxygen atoms in total. The topological polar surface area (TPSA) is 43.1 Å². The minimum atomic E-state index is -0.291. The van der Waals surface area contributed by atoms with E-state index in [4.69, 9.17) is 5.73 Å². The SMILES string of the molecule is CC(C)C(C)(C(N)=O)C1CCCCC1. The van der Waals surface area contributed by atoms with E-state index < -0.39 is 0 Å². The lowest BCUT2D eigenvalue weighted by molar-refractivity contribution is -0.133. The van der Waals surface area contributed by atoms with Gasteiger partial charge in [-0.1, -0.05) is 40.0 Å². The molecule has 0 aliphatic heterocycles. The van der Waals surface area contributed by atoms with Crippen molar-refractivity contribution in [3.63, 3.8) is 0 Å². The van der Waals surface area contributed by atoms with Crippen LogP contribution in [0, 0.1) is 17.3 Å². The van der Waals surface area contributed by atoms with Crippen LogP contribution in [0.1, 0.15) is 52.9 Å². The van der Waals surface area contributed by atoms with Crippen LogP contribution in [0.15, 0.2) is 0 Å². The molecular formula is C12H23NO. The molecule has 0 saturated heterocycles. The average molecular weight is 197 g/mol. The van der Waals surface area contributed by atoms with Crippen LogP contribution in [0.3, 0.4) is 0 Å². The highest BCUT2D eigenvalue weighted by atomic mass is 16.1. The van der Waals surface area contributed by atoms with E-state index in [1.807, 2.05) is 0 Å². The van der Waals surface area contributed by atoms with Crippen LogP contribution in [0.4, 0.5) is 0 Å². The van der Waals surface area contributed by atoms with E-state index in [0.717, 1.165) is 0 Å². The van der Waals surface area contributed by atoms with Gasteiger partial charge in [0.1, 0.15) is 0 Å². The summed E-state index contributed by atoms with van der Waals surface area (Å²) in [6.45, 7) is 6.27. The number of hydrogen-bond acceptors (Lipinski definition) is 1. The van der Waals surface area contributed by atoms with Crippen molar-refractivity contribution < 1.29 is 4.79 Å². The van der Waals surface area contributed by atoms with Crippen molar-refractivity contribution in [1.82, 2.24) is 0 Å². The molecule has 0 bridgehead atoms. The van der Waals surface area contributed by atoms with E-state index in [9.17, 15) is 4.79 Å². The molecule has 0 aromatic rings. The maximum Gasteiger partial charge on any atom is 0.223 e. The number of nitrogens with two attached hydrogens (primary N) is 1. The van der Waals surface area contributed by atoms with Crippen molar-refractivity contribution in [3.8, 4) is 0 Å². The van der Waals surface area contributed by atoms with Crippen molar-refractivity contribution >= 4 is 5.91 Å². The molecule has 1 unspecified atom stereocenters. The van der Waals surface area contributed by atoms with Crippen molar-refractivity contribution in [2.24, 2.45) is 23.0 Å². The van der Waals surface area contributed by atoms with Crippen LogP contribution in [0.2, 0.25) is 0 Å². The molecule has 1 amide bonds. The summed E-state index contributed by atoms with van der Waals surface area (Å²) in [4.78, 5) is 11.6. The van der Waals surface area contributed by atoms with Crippen LogP contribution >= 0.6 is 0 Å². The summed E-state index contributed by atoms with van der Waals surface area (Å²) < 4.78 is 0. The average Bonchev–Trinajstić information content (AvgIpc) is 2.17. The summed E-state index contributed by atoms with van der Waals surface area (Å²) in [5.41, 5.74) is 5.27. The Balaban J connectivity index is 2.80. The molecule has 0 spiro atoms. The molecule has 0 aromatic carbocycles. The zero-order chi connectivity index (χ0) is 10.8. The zero-order valence-corrected chi connectivity index (χ0v) is 9.68. The highest BCUT2D eigenvalue weighted by molar-refractivity contribution is 5.81. The molecule has 1 aliphatic carbocycles. The number of primary amides is 1. The van der Waals surface area contributed by atoms with Crippen molar-refractivity contribution in [2.75, 3.05) is 0 Å². The molecule has 2 heteroatoms. The van der Waals surface area contributed by atoms with E-state index in [1.165, 1.54) is 32.1 Å². The molecule has 1 saturated carbocycles. The van der Waals surface area contributed by atoms with Gasteiger partial charge in [0.15, 0.2) is 0 Å². The third-order valence-corrected chi connectivity index (χ3v) is 4.18. The first kappa shape index (κ1) is 11.5. The van der Waals surface area contributed by atoms with Crippen LogP contribution in [-0.4, -0.2) is 5.91 Å². The van der Waals surface area contributed by atoms with Crippen LogP contribution in [-0.2, 0) is 4.79 Å². The predicted octanol–water partition coefficient (Wildman–Crippen LogP) is 2.71. The smallest absolute Gasteiger partial charge is 0.223 e. The minimum Gasteiger partial charge on any atom is -0.369 e. The van der Waals surface area contributed by atoms with E-state index in [2.05, 4.69) is 20.8 Å². The van der Waals surface area contributed by atoms with Gasteiger partial charge in [0.05, 0.1) is 5.41 Å². The largest absolute Gasteiger partial charge is 0.369 e. The minimum absolute atomic E-state index is 0.112. The molecule has 0 heterocycles. The van der Waals surface area contributed by atoms with Gasteiger partial charge in [0, 0.05) is 0 Å². The second-order valence-corrected chi connectivity index (χ2v) is 5.14. The van der Waals surface area contributed by atoms with Gasteiger partial charge in [-0.05, 0) is 24.7 Å². The molecule has 1 atom stereocenters. The third kappa shape index (κ3) is 1.94. The summed E-state index contributed by atoms with van der Waals surface area (Å²) in [5.74, 6) is 0.747. The number of carbonyl (C=O) groups is 1. The van der Waals surface area contributed by atoms with Gasteiger partial charge in [-0.25, -0.2) is 0 Å². The standard InChI is InChI=1S/C12H23NO/c1-9(2)12(3,11(13)14)10-7-5-4-6-8-10/h9-10H,4-8H2,1-3H3,(H2,13,14). The highest BCUT2D eigenvalue weighted by Gasteiger charge is 2.42. The van der Waals surface area contributed by atoms with E-state index >= 15 is 0 Å². The third-order valence-electron chi connectivity index (χ3n) is 4.18. The molecule has 1 fully saturated rings. The van der Waals surface area contributed by atoms with Gasteiger partial charge >= 0.3 is 0 Å². The van der Waals surface area contributed by atoms with Gasteiger partial charge in [0.2, 0.25) is 5.91 Å². The molecule has 14 heavy (non-hydrogen) atoms. The Bertz CT molecular complexity index is 206. The zero-order valence-electron chi connectivity index (χ0n) is 9.68. The predicted molar refractivity (Wildman–Crippen MR) is 58.7 cm³/mol. The molecule has 1 aliphatic rings. The Kier molecular flexibility index (Phi) is 3.57. The van der Waals surface area contributed by atoms with E-state index in [0.29, 0.717) is 11.8 Å². The quantitative estimate of drug-likeness (QED) is 0.742. The monoisotopic (exact) mass is 197 g/mol. The van der Waals surface area contributed by atoms with Crippen molar-refractivity contribution in [1.29, 1.82) is 0 Å². The number of amides is 1. The molecule has 0 radical (unpaired) electrons. The fourth-order valence-corrected chi connectivity index (χ4v) is 2.66. The van der Waals surface area contributed by atoms with Gasteiger partial charge in [0.25, 0.3) is 0 Å². The Morgan fingerprint density at radius 2 is 1.79 bits per heavy atom. The van der Waals surface area contributed by atoms with Crippen LogP contribution in [0.25, 0.3) is 0 Å². The number of carbonyl (C=O) groups excluding carboxylic acids is 1. The molecule has 0 aromatic heterocycles. The maximum atomic E-state index is 11.6.